The highest BCUT2D eigenvalue weighted by Gasteiger charge is 1.94. The molecule has 2 N–H and O–H groups in total. The zero-order chi connectivity index (χ0) is 10.5. The summed E-state index contributed by atoms with van der Waals surface area (Å²) in [6.45, 7) is 0.829. The Morgan fingerprint density at radius 3 is 2.60 bits per heavy atom. The number of aromatic amines is 1. The van der Waals surface area contributed by atoms with Gasteiger partial charge in [0.25, 0.3) is 0 Å². The van der Waals surface area contributed by atoms with E-state index in [0.717, 1.165) is 18.0 Å². The second-order valence-electron chi connectivity index (χ2n) is 3.30. The smallest absolute Gasteiger partial charge is 0.119 e. The third kappa shape index (κ3) is 2.53. The molecule has 0 spiro atoms. The van der Waals surface area contributed by atoms with E-state index < -0.39 is 0 Å². The van der Waals surface area contributed by atoms with Crippen molar-refractivity contribution >= 4 is 5.69 Å². The second-order valence-corrected chi connectivity index (χ2v) is 3.30. The molecule has 3 heteroatoms. The van der Waals surface area contributed by atoms with Gasteiger partial charge in [0.05, 0.1) is 7.11 Å². The first-order valence-electron chi connectivity index (χ1n) is 4.88. The minimum Gasteiger partial charge on any atom is -0.497 e. The number of hydrogen-bond acceptors (Lipinski definition) is 2. The molecular formula is C12H14N2O. The van der Waals surface area contributed by atoms with E-state index >= 15 is 0 Å². The van der Waals surface area contributed by atoms with Gasteiger partial charge in [-0.15, -0.1) is 0 Å². The van der Waals surface area contributed by atoms with Crippen molar-refractivity contribution < 1.29 is 4.74 Å². The van der Waals surface area contributed by atoms with Crippen LogP contribution in [0.4, 0.5) is 5.69 Å². The van der Waals surface area contributed by atoms with E-state index in [2.05, 4.69) is 16.4 Å². The number of hydrogen-bond donors (Lipinski definition) is 2. The Kier molecular flexibility index (Phi) is 2.93. The average Bonchev–Trinajstić information content (AvgIpc) is 2.80. The van der Waals surface area contributed by atoms with Crippen LogP contribution in [0.1, 0.15) is 5.56 Å². The molecule has 0 aliphatic heterocycles. The van der Waals surface area contributed by atoms with Gasteiger partial charge in [-0.25, -0.2) is 0 Å². The predicted octanol–water partition coefficient (Wildman–Crippen LogP) is 2.64. The van der Waals surface area contributed by atoms with Gasteiger partial charge in [0.2, 0.25) is 0 Å². The van der Waals surface area contributed by atoms with Crippen LogP contribution >= 0.6 is 0 Å². The molecule has 0 unspecified atom stereocenters. The maximum atomic E-state index is 5.09. The molecule has 0 saturated heterocycles. The van der Waals surface area contributed by atoms with Crippen LogP contribution in [-0.4, -0.2) is 12.1 Å². The lowest BCUT2D eigenvalue weighted by molar-refractivity contribution is 0.415. The minimum atomic E-state index is 0.829. The number of aromatic nitrogens is 1. The molecular weight excluding hydrogens is 188 g/mol. The molecule has 0 fully saturated rings. The van der Waals surface area contributed by atoms with Gasteiger partial charge in [0.15, 0.2) is 0 Å². The lowest BCUT2D eigenvalue weighted by Crippen LogP contribution is -1.97. The Balaban J connectivity index is 1.93. The largest absolute Gasteiger partial charge is 0.497 e. The van der Waals surface area contributed by atoms with Crippen LogP contribution in [0.5, 0.6) is 5.75 Å². The number of H-pyrrole nitrogens is 1. The van der Waals surface area contributed by atoms with Crippen molar-refractivity contribution in [3.8, 4) is 5.75 Å². The zero-order valence-electron chi connectivity index (χ0n) is 8.66. The normalized spacial score (nSPS) is 9.93. The van der Waals surface area contributed by atoms with E-state index in [1.165, 1.54) is 5.56 Å². The van der Waals surface area contributed by atoms with Gasteiger partial charge in [-0.1, -0.05) is 0 Å². The number of nitrogens with one attached hydrogen (secondary N) is 2. The first-order chi connectivity index (χ1) is 7.38. The first-order valence-corrected chi connectivity index (χ1v) is 4.88. The number of rotatable bonds is 4. The van der Waals surface area contributed by atoms with Crippen molar-refractivity contribution in [3.05, 3.63) is 48.3 Å². The number of methoxy groups -OCH3 is 1. The van der Waals surface area contributed by atoms with Crippen LogP contribution in [0.25, 0.3) is 0 Å². The average molecular weight is 202 g/mol. The maximum Gasteiger partial charge on any atom is 0.119 e. The molecule has 15 heavy (non-hydrogen) atoms. The highest BCUT2D eigenvalue weighted by molar-refractivity contribution is 5.46. The van der Waals surface area contributed by atoms with Gasteiger partial charge >= 0.3 is 0 Å². The summed E-state index contributed by atoms with van der Waals surface area (Å²) >= 11 is 0. The fourth-order valence-electron chi connectivity index (χ4n) is 1.38. The van der Waals surface area contributed by atoms with Crippen LogP contribution in [0.15, 0.2) is 42.7 Å². The van der Waals surface area contributed by atoms with E-state index in [1.807, 2.05) is 36.7 Å². The van der Waals surface area contributed by atoms with E-state index in [4.69, 9.17) is 4.74 Å². The number of benzene rings is 1. The molecule has 1 aromatic heterocycles. The monoisotopic (exact) mass is 202 g/mol. The molecule has 0 amide bonds. The second kappa shape index (κ2) is 4.55. The van der Waals surface area contributed by atoms with Crippen molar-refractivity contribution in [2.24, 2.45) is 0 Å². The van der Waals surface area contributed by atoms with Crippen LogP contribution in [0, 0.1) is 0 Å². The lowest BCUT2D eigenvalue weighted by atomic mass is 10.3. The van der Waals surface area contributed by atoms with Crippen LogP contribution in [0.2, 0.25) is 0 Å². The van der Waals surface area contributed by atoms with Crippen molar-refractivity contribution in [1.29, 1.82) is 0 Å². The molecule has 1 heterocycles. The van der Waals surface area contributed by atoms with Gasteiger partial charge in [-0.2, -0.15) is 0 Å². The van der Waals surface area contributed by atoms with Gasteiger partial charge < -0.3 is 15.0 Å². The van der Waals surface area contributed by atoms with Gasteiger partial charge in [-0.3, -0.25) is 0 Å². The minimum absolute atomic E-state index is 0.829. The van der Waals surface area contributed by atoms with Crippen LogP contribution < -0.4 is 10.1 Å². The summed E-state index contributed by atoms with van der Waals surface area (Å²) in [5, 5.41) is 3.32. The fourth-order valence-corrected chi connectivity index (χ4v) is 1.38. The summed E-state index contributed by atoms with van der Waals surface area (Å²) < 4.78 is 5.09. The van der Waals surface area contributed by atoms with E-state index in [9.17, 15) is 0 Å². The molecule has 78 valence electrons. The number of anilines is 1. The molecule has 0 aliphatic carbocycles. The van der Waals surface area contributed by atoms with Crippen molar-refractivity contribution in [2.45, 2.75) is 6.54 Å². The predicted molar refractivity (Wildman–Crippen MR) is 61.1 cm³/mol. The van der Waals surface area contributed by atoms with Crippen LogP contribution in [-0.2, 0) is 6.54 Å². The summed E-state index contributed by atoms with van der Waals surface area (Å²) in [5.41, 5.74) is 2.34. The molecule has 0 atom stereocenters. The summed E-state index contributed by atoms with van der Waals surface area (Å²) in [6.07, 6.45) is 3.90. The van der Waals surface area contributed by atoms with Gasteiger partial charge in [-0.05, 0) is 35.9 Å². The molecule has 3 nitrogen and oxygen atoms in total. The highest BCUT2D eigenvalue weighted by Crippen LogP contribution is 2.15. The molecule has 2 rings (SSSR count). The van der Waals surface area contributed by atoms with Gasteiger partial charge in [0, 0.05) is 24.6 Å². The van der Waals surface area contributed by atoms with Crippen molar-refractivity contribution in [2.75, 3.05) is 12.4 Å². The standard InChI is InChI=1S/C12H14N2O/c1-15-12-4-2-11(3-5-12)14-9-10-6-7-13-8-10/h2-8,13-14H,9H2,1H3. The van der Waals surface area contributed by atoms with E-state index in [1.54, 1.807) is 7.11 Å². The Hall–Kier alpha value is -1.90. The summed E-state index contributed by atoms with van der Waals surface area (Å²) in [7, 11) is 1.67. The Morgan fingerprint density at radius 1 is 1.20 bits per heavy atom. The Morgan fingerprint density at radius 2 is 2.00 bits per heavy atom. The summed E-state index contributed by atoms with van der Waals surface area (Å²) in [5.74, 6) is 0.877. The lowest BCUT2D eigenvalue weighted by Gasteiger charge is -2.05. The maximum absolute atomic E-state index is 5.09. The van der Waals surface area contributed by atoms with Gasteiger partial charge in [0.1, 0.15) is 5.75 Å². The summed E-state index contributed by atoms with van der Waals surface area (Å²) in [6, 6.07) is 9.95. The van der Waals surface area contributed by atoms with Crippen LogP contribution in [0.3, 0.4) is 0 Å². The molecule has 2 aromatic rings. The van der Waals surface area contributed by atoms with Crippen molar-refractivity contribution in [3.63, 3.8) is 0 Å². The fraction of sp³-hybridized carbons (Fsp3) is 0.167. The molecule has 0 bridgehead atoms. The van der Waals surface area contributed by atoms with E-state index in [-0.39, 0.29) is 0 Å². The third-order valence-electron chi connectivity index (χ3n) is 2.25. The SMILES string of the molecule is COc1ccc(NCc2cc[nH]c2)cc1. The topological polar surface area (TPSA) is 37.0 Å². The molecule has 0 saturated carbocycles. The Bertz CT molecular complexity index is 392. The third-order valence-corrected chi connectivity index (χ3v) is 2.25. The molecule has 1 aromatic carbocycles. The van der Waals surface area contributed by atoms with Crippen molar-refractivity contribution in [1.82, 2.24) is 4.98 Å². The number of ether oxygens (including phenoxy) is 1. The summed E-state index contributed by atoms with van der Waals surface area (Å²) in [4.78, 5) is 3.02. The first kappa shape index (κ1) is 9.65. The quantitative estimate of drug-likeness (QED) is 0.799. The molecule has 0 radical (unpaired) electrons. The zero-order valence-corrected chi connectivity index (χ0v) is 8.66. The van der Waals surface area contributed by atoms with E-state index in [0.29, 0.717) is 0 Å². The highest BCUT2D eigenvalue weighted by atomic mass is 16.5. The molecule has 0 aliphatic rings. The Labute approximate surface area is 89.1 Å².